The lowest BCUT2D eigenvalue weighted by Gasteiger charge is -2.14. The zero-order valence-electron chi connectivity index (χ0n) is 12.1. The van der Waals surface area contributed by atoms with Gasteiger partial charge in [-0.05, 0) is 18.6 Å². The Kier molecular flexibility index (Phi) is 5.49. The fourth-order valence-corrected chi connectivity index (χ4v) is 2.18. The van der Waals surface area contributed by atoms with Gasteiger partial charge >= 0.3 is 12.2 Å². The molecule has 2 atom stereocenters. The fourth-order valence-electron chi connectivity index (χ4n) is 2.18. The summed E-state index contributed by atoms with van der Waals surface area (Å²) >= 11 is 0. The van der Waals surface area contributed by atoms with Crippen LogP contribution in [0.4, 0.5) is 23.7 Å². The highest BCUT2D eigenvalue weighted by molar-refractivity contribution is 5.89. The van der Waals surface area contributed by atoms with E-state index in [2.05, 4.69) is 15.4 Å². The van der Waals surface area contributed by atoms with Gasteiger partial charge < -0.3 is 20.5 Å². The molecule has 5 nitrogen and oxygen atoms in total. The number of carbonyl (C=O) groups excluding carboxylic acids is 1. The molecule has 0 unspecified atom stereocenters. The first-order valence-electron chi connectivity index (χ1n) is 7.02. The molecule has 0 aromatic heterocycles. The van der Waals surface area contributed by atoms with Crippen molar-refractivity contribution in [1.82, 2.24) is 5.32 Å². The molecule has 0 aliphatic heterocycles. The molecule has 3 N–H and O–H groups in total. The van der Waals surface area contributed by atoms with E-state index in [1.807, 2.05) is 6.08 Å². The molecular formula is C15H17F3N2O3. The molecule has 0 saturated heterocycles. The van der Waals surface area contributed by atoms with E-state index in [0.717, 1.165) is 0 Å². The lowest BCUT2D eigenvalue weighted by Crippen LogP contribution is -2.36. The summed E-state index contributed by atoms with van der Waals surface area (Å²) in [6.07, 6.45) is -0.183. The average molecular weight is 330 g/mol. The summed E-state index contributed by atoms with van der Waals surface area (Å²) in [5, 5.41) is 14.2. The third-order valence-corrected chi connectivity index (χ3v) is 3.22. The number of rotatable bonds is 5. The molecule has 0 spiro atoms. The molecule has 2 rings (SSSR count). The van der Waals surface area contributed by atoms with E-state index in [1.54, 1.807) is 12.1 Å². The molecule has 1 aromatic rings. The standard InChI is InChI=1S/C15H17F3N2O3/c16-15(17,18)9-23-13-3-1-2-11(7-13)19-14(22)20-12-5-4-10(6-12)8-21/h1-5,7,10,12,21H,6,8-9H2,(H2,19,20,22)/t10-,12+/m0/s1. The zero-order valence-corrected chi connectivity index (χ0v) is 12.1. The third kappa shape index (κ3) is 5.82. The predicted octanol–water partition coefficient (Wildman–Crippen LogP) is 2.69. The lowest BCUT2D eigenvalue weighted by molar-refractivity contribution is -0.153. The first kappa shape index (κ1) is 17.1. The van der Waals surface area contributed by atoms with Gasteiger partial charge in [0.1, 0.15) is 5.75 Å². The van der Waals surface area contributed by atoms with Crippen LogP contribution in [0, 0.1) is 5.92 Å². The van der Waals surface area contributed by atoms with Gasteiger partial charge in [-0.15, -0.1) is 0 Å². The number of anilines is 1. The number of aliphatic hydroxyl groups excluding tert-OH is 1. The number of hydrogen-bond acceptors (Lipinski definition) is 3. The number of urea groups is 1. The Hall–Kier alpha value is -2.22. The first-order valence-corrected chi connectivity index (χ1v) is 7.02. The average Bonchev–Trinajstić information content (AvgIpc) is 2.92. The number of benzene rings is 1. The van der Waals surface area contributed by atoms with Crippen LogP contribution in [0.15, 0.2) is 36.4 Å². The monoisotopic (exact) mass is 330 g/mol. The van der Waals surface area contributed by atoms with E-state index in [1.165, 1.54) is 18.2 Å². The van der Waals surface area contributed by atoms with Crippen LogP contribution in [0.2, 0.25) is 0 Å². The summed E-state index contributed by atoms with van der Waals surface area (Å²) in [4.78, 5) is 11.9. The van der Waals surface area contributed by atoms with Gasteiger partial charge in [0, 0.05) is 30.3 Å². The molecule has 126 valence electrons. The van der Waals surface area contributed by atoms with E-state index >= 15 is 0 Å². The Morgan fingerprint density at radius 2 is 2.13 bits per heavy atom. The largest absolute Gasteiger partial charge is 0.484 e. The van der Waals surface area contributed by atoms with Crippen molar-refractivity contribution in [3.63, 3.8) is 0 Å². The minimum absolute atomic E-state index is 0.0150. The van der Waals surface area contributed by atoms with Crippen molar-refractivity contribution in [2.45, 2.75) is 18.6 Å². The molecule has 1 aliphatic carbocycles. The predicted molar refractivity (Wildman–Crippen MR) is 78.3 cm³/mol. The third-order valence-electron chi connectivity index (χ3n) is 3.22. The Morgan fingerprint density at radius 3 is 2.78 bits per heavy atom. The van der Waals surface area contributed by atoms with Gasteiger partial charge in [-0.1, -0.05) is 18.2 Å². The van der Waals surface area contributed by atoms with Gasteiger partial charge in [0.05, 0.1) is 0 Å². The van der Waals surface area contributed by atoms with Crippen molar-refractivity contribution in [3.8, 4) is 5.75 Å². The molecular weight excluding hydrogens is 313 g/mol. The molecule has 1 aliphatic rings. The number of alkyl halides is 3. The molecule has 8 heteroatoms. The smallest absolute Gasteiger partial charge is 0.422 e. The second kappa shape index (κ2) is 7.36. The maximum Gasteiger partial charge on any atom is 0.422 e. The molecule has 0 heterocycles. The maximum atomic E-state index is 12.1. The number of aliphatic hydroxyl groups is 1. The Bertz CT molecular complexity index is 575. The quantitative estimate of drug-likeness (QED) is 0.727. The van der Waals surface area contributed by atoms with Crippen molar-refractivity contribution in [2.24, 2.45) is 5.92 Å². The summed E-state index contributed by atoms with van der Waals surface area (Å²) in [6.45, 7) is -1.37. The van der Waals surface area contributed by atoms with Gasteiger partial charge in [0.25, 0.3) is 0 Å². The van der Waals surface area contributed by atoms with Crippen LogP contribution >= 0.6 is 0 Å². The number of halogens is 3. The molecule has 23 heavy (non-hydrogen) atoms. The van der Waals surface area contributed by atoms with Gasteiger partial charge in [-0.3, -0.25) is 0 Å². The Morgan fingerprint density at radius 1 is 1.35 bits per heavy atom. The fraction of sp³-hybridized carbons (Fsp3) is 0.400. The highest BCUT2D eigenvalue weighted by Gasteiger charge is 2.28. The van der Waals surface area contributed by atoms with Crippen molar-refractivity contribution >= 4 is 11.7 Å². The summed E-state index contributed by atoms with van der Waals surface area (Å²) in [7, 11) is 0. The summed E-state index contributed by atoms with van der Waals surface area (Å²) in [6, 6.07) is 5.05. The molecule has 2 amide bonds. The lowest BCUT2D eigenvalue weighted by atomic mass is 10.1. The molecule has 0 radical (unpaired) electrons. The second-order valence-corrected chi connectivity index (χ2v) is 5.20. The van der Waals surface area contributed by atoms with Crippen molar-refractivity contribution in [2.75, 3.05) is 18.5 Å². The van der Waals surface area contributed by atoms with Gasteiger partial charge in [0.2, 0.25) is 0 Å². The second-order valence-electron chi connectivity index (χ2n) is 5.20. The van der Waals surface area contributed by atoms with E-state index < -0.39 is 18.8 Å². The number of carbonyl (C=O) groups is 1. The number of nitrogens with one attached hydrogen (secondary N) is 2. The SMILES string of the molecule is O=C(Nc1cccc(OCC(F)(F)F)c1)N[C@@H]1C=C[C@H](CO)C1. The first-order chi connectivity index (χ1) is 10.9. The normalized spacial score (nSPS) is 20.3. The summed E-state index contributed by atoms with van der Waals surface area (Å²) in [5.41, 5.74) is 0.322. The molecule has 0 fully saturated rings. The van der Waals surface area contributed by atoms with E-state index in [-0.39, 0.29) is 24.3 Å². The van der Waals surface area contributed by atoms with Crippen LogP contribution in [0.25, 0.3) is 0 Å². The van der Waals surface area contributed by atoms with Crippen molar-refractivity contribution < 1.29 is 27.8 Å². The topological polar surface area (TPSA) is 70.6 Å². The molecule has 0 saturated carbocycles. The number of hydrogen-bond donors (Lipinski definition) is 3. The summed E-state index contributed by atoms with van der Waals surface area (Å²) < 4.78 is 41.0. The molecule has 0 bridgehead atoms. The summed E-state index contributed by atoms with van der Waals surface area (Å²) in [5.74, 6) is 0.0422. The van der Waals surface area contributed by atoms with Crippen molar-refractivity contribution in [3.05, 3.63) is 36.4 Å². The maximum absolute atomic E-state index is 12.1. The van der Waals surface area contributed by atoms with E-state index in [4.69, 9.17) is 5.11 Å². The van der Waals surface area contributed by atoms with Crippen LogP contribution in [-0.2, 0) is 0 Å². The minimum Gasteiger partial charge on any atom is -0.484 e. The van der Waals surface area contributed by atoms with Gasteiger partial charge in [-0.2, -0.15) is 13.2 Å². The van der Waals surface area contributed by atoms with Crippen LogP contribution in [0.1, 0.15) is 6.42 Å². The number of amides is 2. The van der Waals surface area contributed by atoms with Crippen LogP contribution in [0.5, 0.6) is 5.75 Å². The minimum atomic E-state index is -4.42. The van der Waals surface area contributed by atoms with Gasteiger partial charge in [-0.25, -0.2) is 4.79 Å². The van der Waals surface area contributed by atoms with Crippen LogP contribution in [-0.4, -0.2) is 36.6 Å². The number of ether oxygens (including phenoxy) is 1. The van der Waals surface area contributed by atoms with Crippen molar-refractivity contribution in [1.29, 1.82) is 0 Å². The van der Waals surface area contributed by atoms with E-state index in [0.29, 0.717) is 12.1 Å². The van der Waals surface area contributed by atoms with Crippen LogP contribution in [0.3, 0.4) is 0 Å². The van der Waals surface area contributed by atoms with E-state index in [9.17, 15) is 18.0 Å². The zero-order chi connectivity index (χ0) is 16.9. The highest BCUT2D eigenvalue weighted by atomic mass is 19.4. The van der Waals surface area contributed by atoms with Crippen LogP contribution < -0.4 is 15.4 Å². The Labute approximate surface area is 131 Å². The van der Waals surface area contributed by atoms with Gasteiger partial charge in [0.15, 0.2) is 6.61 Å². The highest BCUT2D eigenvalue weighted by Crippen LogP contribution is 2.21. The molecule has 1 aromatic carbocycles. The Balaban J connectivity index is 1.85.